The Balaban J connectivity index is 2.40. The average molecular weight is 280 g/mol. The van der Waals surface area contributed by atoms with Crippen molar-refractivity contribution in [3.05, 3.63) is 46.5 Å². The first-order valence-corrected chi connectivity index (χ1v) is 6.11. The van der Waals surface area contributed by atoms with Crippen LogP contribution >= 0.6 is 15.9 Å². The third-order valence-corrected chi connectivity index (χ3v) is 3.21. The summed E-state index contributed by atoms with van der Waals surface area (Å²) in [5, 5.41) is 8.13. The molecule has 2 rings (SSSR count). The van der Waals surface area contributed by atoms with Gasteiger partial charge in [0, 0.05) is 17.4 Å². The third-order valence-electron chi connectivity index (χ3n) is 2.72. The normalized spacial score (nSPS) is 12.7. The molecular weight excluding hydrogens is 266 g/mol. The molecule has 0 fully saturated rings. The molecule has 0 aliphatic carbocycles. The van der Waals surface area contributed by atoms with Crippen LogP contribution < -0.4 is 0 Å². The molecule has 84 valence electrons. The summed E-state index contributed by atoms with van der Waals surface area (Å²) >= 11 is 3.50. The summed E-state index contributed by atoms with van der Waals surface area (Å²) in [6, 6.07) is 8.36. The Labute approximate surface area is 104 Å². The SMILES string of the molecule is CC[C@H](c1cccc(Br)c1)c1nncn1C. The largest absolute Gasteiger partial charge is 0.320 e. The van der Waals surface area contributed by atoms with E-state index < -0.39 is 0 Å². The van der Waals surface area contributed by atoms with E-state index in [-0.39, 0.29) is 0 Å². The first kappa shape index (κ1) is 11.3. The summed E-state index contributed by atoms with van der Waals surface area (Å²) in [5.74, 6) is 1.32. The fourth-order valence-corrected chi connectivity index (χ4v) is 2.32. The highest BCUT2D eigenvalue weighted by Crippen LogP contribution is 2.27. The molecule has 1 atom stereocenters. The average Bonchev–Trinajstić information content (AvgIpc) is 2.67. The number of aromatic nitrogens is 3. The zero-order valence-electron chi connectivity index (χ0n) is 9.39. The van der Waals surface area contributed by atoms with Crippen LogP contribution in [0.1, 0.15) is 30.7 Å². The summed E-state index contributed by atoms with van der Waals surface area (Å²) in [4.78, 5) is 0. The maximum absolute atomic E-state index is 4.19. The molecule has 2 aromatic rings. The molecule has 1 aromatic heterocycles. The molecule has 4 heteroatoms. The molecular formula is C12H14BrN3. The Morgan fingerprint density at radius 1 is 1.44 bits per heavy atom. The minimum atomic E-state index is 0.310. The van der Waals surface area contributed by atoms with Crippen LogP contribution in [0.2, 0.25) is 0 Å². The molecule has 0 aliphatic rings. The fraction of sp³-hybridized carbons (Fsp3) is 0.333. The summed E-state index contributed by atoms with van der Waals surface area (Å²) in [6.45, 7) is 2.17. The Morgan fingerprint density at radius 3 is 2.81 bits per heavy atom. The van der Waals surface area contributed by atoms with Crippen molar-refractivity contribution in [2.45, 2.75) is 19.3 Å². The number of nitrogens with zero attached hydrogens (tertiary/aromatic N) is 3. The van der Waals surface area contributed by atoms with Crippen molar-refractivity contribution >= 4 is 15.9 Å². The van der Waals surface area contributed by atoms with E-state index in [0.29, 0.717) is 5.92 Å². The van der Waals surface area contributed by atoms with Crippen molar-refractivity contribution in [2.24, 2.45) is 7.05 Å². The van der Waals surface area contributed by atoms with Crippen LogP contribution in [0.15, 0.2) is 35.1 Å². The number of halogens is 1. The van der Waals surface area contributed by atoms with Gasteiger partial charge >= 0.3 is 0 Å². The lowest BCUT2D eigenvalue weighted by Crippen LogP contribution is -2.06. The number of benzene rings is 1. The number of hydrogen-bond acceptors (Lipinski definition) is 2. The van der Waals surface area contributed by atoms with Gasteiger partial charge in [-0.3, -0.25) is 0 Å². The number of hydrogen-bond donors (Lipinski definition) is 0. The Morgan fingerprint density at radius 2 is 2.25 bits per heavy atom. The van der Waals surface area contributed by atoms with E-state index in [0.717, 1.165) is 16.7 Å². The molecule has 0 radical (unpaired) electrons. The first-order chi connectivity index (χ1) is 7.72. The van der Waals surface area contributed by atoms with Crippen LogP contribution in [-0.4, -0.2) is 14.8 Å². The Bertz CT molecular complexity index is 479. The van der Waals surface area contributed by atoms with Crippen molar-refractivity contribution in [3.8, 4) is 0 Å². The van der Waals surface area contributed by atoms with Crippen molar-refractivity contribution in [3.63, 3.8) is 0 Å². The Kier molecular flexibility index (Phi) is 3.39. The molecule has 1 aromatic carbocycles. The molecule has 3 nitrogen and oxygen atoms in total. The highest BCUT2D eigenvalue weighted by Gasteiger charge is 2.16. The van der Waals surface area contributed by atoms with Gasteiger partial charge in [0.1, 0.15) is 12.2 Å². The summed E-state index contributed by atoms with van der Waals surface area (Å²) in [5.41, 5.74) is 1.27. The van der Waals surface area contributed by atoms with Gasteiger partial charge in [-0.1, -0.05) is 35.0 Å². The van der Waals surface area contributed by atoms with Gasteiger partial charge in [-0.15, -0.1) is 10.2 Å². The van der Waals surface area contributed by atoms with E-state index in [9.17, 15) is 0 Å². The van der Waals surface area contributed by atoms with E-state index in [1.54, 1.807) is 6.33 Å². The highest BCUT2D eigenvalue weighted by atomic mass is 79.9. The van der Waals surface area contributed by atoms with Crippen LogP contribution in [0.3, 0.4) is 0 Å². The van der Waals surface area contributed by atoms with Crippen LogP contribution in [0, 0.1) is 0 Å². The first-order valence-electron chi connectivity index (χ1n) is 5.31. The van der Waals surface area contributed by atoms with Crippen molar-refractivity contribution in [1.29, 1.82) is 0 Å². The summed E-state index contributed by atoms with van der Waals surface area (Å²) in [7, 11) is 1.98. The molecule has 1 heterocycles. The van der Waals surface area contributed by atoms with Gasteiger partial charge in [0.25, 0.3) is 0 Å². The highest BCUT2D eigenvalue weighted by molar-refractivity contribution is 9.10. The quantitative estimate of drug-likeness (QED) is 0.864. The Hall–Kier alpha value is -1.16. The lowest BCUT2D eigenvalue weighted by molar-refractivity contribution is 0.671. The molecule has 0 N–H and O–H groups in total. The topological polar surface area (TPSA) is 30.7 Å². The van der Waals surface area contributed by atoms with Crippen LogP contribution in [0.25, 0.3) is 0 Å². The van der Waals surface area contributed by atoms with Crippen LogP contribution in [-0.2, 0) is 7.05 Å². The zero-order chi connectivity index (χ0) is 11.5. The molecule has 16 heavy (non-hydrogen) atoms. The number of rotatable bonds is 3. The van der Waals surface area contributed by atoms with Gasteiger partial charge < -0.3 is 4.57 Å². The van der Waals surface area contributed by atoms with Crippen molar-refractivity contribution < 1.29 is 0 Å². The van der Waals surface area contributed by atoms with E-state index in [1.807, 2.05) is 17.7 Å². The van der Waals surface area contributed by atoms with Gasteiger partial charge in [0.15, 0.2) is 0 Å². The van der Waals surface area contributed by atoms with Crippen molar-refractivity contribution in [1.82, 2.24) is 14.8 Å². The maximum atomic E-state index is 4.19. The fourth-order valence-electron chi connectivity index (χ4n) is 1.90. The summed E-state index contributed by atoms with van der Waals surface area (Å²) < 4.78 is 3.08. The third kappa shape index (κ3) is 2.16. The molecule has 0 aliphatic heterocycles. The molecule has 0 unspecified atom stereocenters. The van der Waals surface area contributed by atoms with Gasteiger partial charge in [0.2, 0.25) is 0 Å². The lowest BCUT2D eigenvalue weighted by atomic mass is 9.96. The smallest absolute Gasteiger partial charge is 0.140 e. The van der Waals surface area contributed by atoms with Gasteiger partial charge in [-0.25, -0.2) is 0 Å². The molecule has 0 bridgehead atoms. The number of aryl methyl sites for hydroxylation is 1. The predicted molar refractivity (Wildman–Crippen MR) is 67.3 cm³/mol. The molecule has 0 spiro atoms. The predicted octanol–water partition coefficient (Wildman–Crippen LogP) is 3.12. The van der Waals surface area contributed by atoms with E-state index in [4.69, 9.17) is 0 Å². The van der Waals surface area contributed by atoms with E-state index >= 15 is 0 Å². The second-order valence-electron chi connectivity index (χ2n) is 3.82. The zero-order valence-corrected chi connectivity index (χ0v) is 11.0. The molecule has 0 saturated heterocycles. The minimum Gasteiger partial charge on any atom is -0.320 e. The van der Waals surface area contributed by atoms with E-state index in [1.165, 1.54) is 5.56 Å². The van der Waals surface area contributed by atoms with Crippen molar-refractivity contribution in [2.75, 3.05) is 0 Å². The van der Waals surface area contributed by atoms with E-state index in [2.05, 4.69) is 51.3 Å². The minimum absolute atomic E-state index is 0.310. The summed E-state index contributed by atoms with van der Waals surface area (Å²) in [6.07, 6.45) is 2.76. The van der Waals surface area contributed by atoms with Gasteiger partial charge in [-0.2, -0.15) is 0 Å². The van der Waals surface area contributed by atoms with Crippen LogP contribution in [0.4, 0.5) is 0 Å². The van der Waals surface area contributed by atoms with Gasteiger partial charge in [-0.05, 0) is 24.1 Å². The second-order valence-corrected chi connectivity index (χ2v) is 4.73. The van der Waals surface area contributed by atoms with Crippen LogP contribution in [0.5, 0.6) is 0 Å². The molecule has 0 saturated carbocycles. The second kappa shape index (κ2) is 4.78. The monoisotopic (exact) mass is 279 g/mol. The van der Waals surface area contributed by atoms with Gasteiger partial charge in [0.05, 0.1) is 0 Å². The maximum Gasteiger partial charge on any atom is 0.140 e. The standard InChI is InChI=1S/C12H14BrN3/c1-3-11(12-15-14-8-16(12)2)9-5-4-6-10(13)7-9/h4-8,11H,3H2,1-2H3/t11-/m1/s1. The lowest BCUT2D eigenvalue weighted by Gasteiger charge is -2.14. The molecule has 0 amide bonds.